The van der Waals surface area contributed by atoms with Crippen molar-refractivity contribution in [2.24, 2.45) is 0 Å². The molecule has 0 saturated carbocycles. The van der Waals surface area contributed by atoms with Crippen LogP contribution in [0.5, 0.6) is 0 Å². The lowest BCUT2D eigenvalue weighted by molar-refractivity contribution is 0.298. The molecule has 12 heavy (non-hydrogen) atoms. The van der Waals surface area contributed by atoms with Gasteiger partial charge in [-0.3, -0.25) is 0 Å². The van der Waals surface area contributed by atoms with Gasteiger partial charge in [0, 0.05) is 11.8 Å². The Bertz CT molecular complexity index is 206. The molecule has 0 aliphatic heterocycles. The average Bonchev–Trinajstić information content (AvgIpc) is 2.32. The van der Waals surface area contributed by atoms with E-state index in [9.17, 15) is 0 Å². The molecule has 0 aromatic carbocycles. The maximum atomic E-state index is 4.67. The van der Waals surface area contributed by atoms with E-state index in [1.54, 1.807) is 0 Å². The van der Waals surface area contributed by atoms with Crippen molar-refractivity contribution in [2.45, 2.75) is 47.0 Å². The predicted molar refractivity (Wildman–Crippen MR) is 49.2 cm³/mol. The maximum absolute atomic E-state index is 4.67. The fraction of sp³-hybridized carbons (Fsp3) is 0.778. The minimum atomic E-state index is 0. The summed E-state index contributed by atoms with van der Waals surface area (Å²) in [7, 11) is 0. The normalized spacial score (nSPS) is 10.5. The Hall–Kier alpha value is -0.860. The van der Waals surface area contributed by atoms with Gasteiger partial charge in [0.2, 0.25) is 0 Å². The molecule has 1 rings (SSSR count). The molecule has 3 nitrogen and oxygen atoms in total. The van der Waals surface area contributed by atoms with Gasteiger partial charge in [0.05, 0.1) is 0 Å². The Morgan fingerprint density at radius 2 is 1.25 bits per heavy atom. The highest BCUT2D eigenvalue weighted by atomic mass is 16.6. The van der Waals surface area contributed by atoms with Crippen LogP contribution in [0.3, 0.4) is 0 Å². The van der Waals surface area contributed by atoms with Crippen molar-refractivity contribution in [3.8, 4) is 0 Å². The molecule has 0 bridgehead atoms. The first kappa shape index (κ1) is 11.1. The summed E-state index contributed by atoms with van der Waals surface area (Å²) >= 11 is 0. The Balaban J connectivity index is 0.00000121. The molecule has 0 aliphatic carbocycles. The maximum Gasteiger partial charge on any atom is 0.111 e. The van der Waals surface area contributed by atoms with Gasteiger partial charge in [-0.25, -0.2) is 4.63 Å². The highest BCUT2D eigenvalue weighted by Crippen LogP contribution is 2.21. The van der Waals surface area contributed by atoms with E-state index in [2.05, 4.69) is 42.6 Å². The van der Waals surface area contributed by atoms with Crippen molar-refractivity contribution in [2.75, 3.05) is 0 Å². The van der Waals surface area contributed by atoms with Crippen molar-refractivity contribution < 1.29 is 4.63 Å². The number of aromatic nitrogens is 2. The average molecular weight is 170 g/mol. The van der Waals surface area contributed by atoms with Crippen LogP contribution in [-0.4, -0.2) is 10.3 Å². The summed E-state index contributed by atoms with van der Waals surface area (Å²) in [6.07, 6.45) is 0. The Morgan fingerprint density at radius 3 is 1.50 bits per heavy atom. The lowest BCUT2D eigenvalue weighted by Crippen LogP contribution is -1.96. The van der Waals surface area contributed by atoms with Gasteiger partial charge in [0.25, 0.3) is 0 Å². The summed E-state index contributed by atoms with van der Waals surface area (Å²) < 4.78 is 4.67. The van der Waals surface area contributed by atoms with Gasteiger partial charge in [-0.1, -0.05) is 45.4 Å². The van der Waals surface area contributed by atoms with Crippen molar-refractivity contribution >= 4 is 0 Å². The third-order valence-electron chi connectivity index (χ3n) is 1.63. The standard InChI is InChI=1S/C8H14N2O.CH4/c1-5(2)7-8(6(3)4)10-11-9-7;/h5-6H,1-4H3;1H4. The highest BCUT2D eigenvalue weighted by Gasteiger charge is 2.15. The summed E-state index contributed by atoms with van der Waals surface area (Å²) in [5, 5.41) is 7.70. The summed E-state index contributed by atoms with van der Waals surface area (Å²) in [5.74, 6) is 0.803. The molecule has 0 spiro atoms. The first-order valence-corrected chi connectivity index (χ1v) is 3.95. The molecule has 0 unspecified atom stereocenters. The molecule has 0 fully saturated rings. The zero-order valence-corrected chi connectivity index (χ0v) is 7.46. The molecule has 0 saturated heterocycles. The summed E-state index contributed by atoms with van der Waals surface area (Å²) in [6.45, 7) is 8.35. The third kappa shape index (κ3) is 2.06. The van der Waals surface area contributed by atoms with Crippen molar-refractivity contribution in [3.05, 3.63) is 11.4 Å². The molecule has 3 heteroatoms. The highest BCUT2D eigenvalue weighted by molar-refractivity contribution is 5.14. The van der Waals surface area contributed by atoms with Gasteiger partial charge in [0.1, 0.15) is 11.4 Å². The van der Waals surface area contributed by atoms with Crippen LogP contribution in [-0.2, 0) is 0 Å². The second kappa shape index (κ2) is 4.24. The summed E-state index contributed by atoms with van der Waals surface area (Å²) in [5.41, 5.74) is 1.97. The number of rotatable bonds is 2. The second-order valence-corrected chi connectivity index (χ2v) is 3.34. The Kier molecular flexibility index (Phi) is 3.93. The number of hydrogen-bond acceptors (Lipinski definition) is 3. The largest absolute Gasteiger partial charge is 0.244 e. The molecule has 1 aromatic heterocycles. The molecule has 0 N–H and O–H groups in total. The Morgan fingerprint density at radius 1 is 0.917 bits per heavy atom. The lowest BCUT2D eigenvalue weighted by Gasteiger charge is -2.03. The minimum absolute atomic E-state index is 0. The fourth-order valence-electron chi connectivity index (χ4n) is 1.00. The van der Waals surface area contributed by atoms with Crippen LogP contribution in [0.2, 0.25) is 0 Å². The zero-order valence-electron chi connectivity index (χ0n) is 7.46. The van der Waals surface area contributed by atoms with E-state index in [1.807, 2.05) is 0 Å². The predicted octanol–water partition coefficient (Wildman–Crippen LogP) is 2.95. The van der Waals surface area contributed by atoms with Crippen LogP contribution in [0.1, 0.15) is 58.3 Å². The van der Waals surface area contributed by atoms with Crippen LogP contribution in [0, 0.1) is 0 Å². The van der Waals surface area contributed by atoms with Gasteiger partial charge in [-0.15, -0.1) is 0 Å². The van der Waals surface area contributed by atoms with Gasteiger partial charge >= 0.3 is 0 Å². The molecule has 0 amide bonds. The molecule has 70 valence electrons. The first-order chi connectivity index (χ1) is 5.13. The van der Waals surface area contributed by atoms with Gasteiger partial charge in [-0.2, -0.15) is 0 Å². The van der Waals surface area contributed by atoms with E-state index in [-0.39, 0.29) is 7.43 Å². The van der Waals surface area contributed by atoms with Crippen molar-refractivity contribution in [1.29, 1.82) is 0 Å². The first-order valence-electron chi connectivity index (χ1n) is 3.95. The van der Waals surface area contributed by atoms with E-state index >= 15 is 0 Å². The topological polar surface area (TPSA) is 38.9 Å². The number of nitrogens with zero attached hydrogens (tertiary/aromatic N) is 2. The van der Waals surface area contributed by atoms with Crippen molar-refractivity contribution in [3.63, 3.8) is 0 Å². The summed E-state index contributed by atoms with van der Waals surface area (Å²) in [6, 6.07) is 0. The van der Waals surface area contributed by atoms with Gasteiger partial charge in [-0.05, 0) is 0 Å². The van der Waals surface area contributed by atoms with Crippen LogP contribution in [0.4, 0.5) is 0 Å². The lowest BCUT2D eigenvalue weighted by atomic mass is 10.0. The zero-order chi connectivity index (χ0) is 8.43. The van der Waals surface area contributed by atoms with Crippen LogP contribution in [0.25, 0.3) is 0 Å². The quantitative estimate of drug-likeness (QED) is 0.685. The molecular formula is C9H18N2O. The fourth-order valence-corrected chi connectivity index (χ4v) is 1.00. The minimum Gasteiger partial charge on any atom is -0.244 e. The molecule has 0 atom stereocenters. The molecule has 1 aromatic rings. The van der Waals surface area contributed by atoms with E-state index in [4.69, 9.17) is 0 Å². The van der Waals surface area contributed by atoms with E-state index in [1.165, 1.54) is 0 Å². The molecule has 1 heterocycles. The number of hydrogen-bond donors (Lipinski definition) is 0. The third-order valence-corrected chi connectivity index (χ3v) is 1.63. The van der Waals surface area contributed by atoms with E-state index in [0.717, 1.165) is 11.4 Å². The van der Waals surface area contributed by atoms with Gasteiger partial charge < -0.3 is 0 Å². The Labute approximate surface area is 74.1 Å². The molecule has 0 radical (unpaired) electrons. The van der Waals surface area contributed by atoms with Gasteiger partial charge in [0.15, 0.2) is 0 Å². The van der Waals surface area contributed by atoms with E-state index < -0.39 is 0 Å². The smallest absolute Gasteiger partial charge is 0.111 e. The van der Waals surface area contributed by atoms with Crippen LogP contribution in [0.15, 0.2) is 4.63 Å². The van der Waals surface area contributed by atoms with Crippen molar-refractivity contribution in [1.82, 2.24) is 10.3 Å². The van der Waals surface area contributed by atoms with Crippen LogP contribution >= 0.6 is 0 Å². The van der Waals surface area contributed by atoms with Crippen LogP contribution < -0.4 is 0 Å². The SMILES string of the molecule is C.CC(C)c1nonc1C(C)C. The second-order valence-electron chi connectivity index (χ2n) is 3.34. The van der Waals surface area contributed by atoms with E-state index in [0.29, 0.717) is 11.8 Å². The molecule has 0 aliphatic rings. The summed E-state index contributed by atoms with van der Waals surface area (Å²) in [4.78, 5) is 0. The monoisotopic (exact) mass is 170 g/mol. The molecular weight excluding hydrogens is 152 g/mol.